The minimum absolute atomic E-state index is 0.0530. The summed E-state index contributed by atoms with van der Waals surface area (Å²) in [6.07, 6.45) is 1.33. The summed E-state index contributed by atoms with van der Waals surface area (Å²) in [5.41, 5.74) is -0.814. The minimum atomic E-state index is -1.14. The summed E-state index contributed by atoms with van der Waals surface area (Å²) in [7, 11) is 0. The van der Waals surface area contributed by atoms with Crippen LogP contribution >= 0.6 is 0 Å². The SMILES string of the molecule is CCOC(=O)c1cn2c3c(c(F)c(F)cc3c1=O)CCN2CO. The van der Waals surface area contributed by atoms with Gasteiger partial charge in [-0.1, -0.05) is 0 Å². The molecule has 1 N–H and O–H groups in total. The number of pyridine rings is 1. The maximum atomic E-state index is 14.0. The molecular weight excluding hydrogens is 310 g/mol. The van der Waals surface area contributed by atoms with Crippen molar-refractivity contribution in [3.05, 3.63) is 45.2 Å². The number of hydrogen-bond donors (Lipinski definition) is 1. The summed E-state index contributed by atoms with van der Waals surface area (Å²) < 4.78 is 34.0. The fourth-order valence-corrected chi connectivity index (χ4v) is 2.79. The van der Waals surface area contributed by atoms with Crippen LogP contribution in [-0.4, -0.2) is 35.6 Å². The molecule has 0 aliphatic carbocycles. The summed E-state index contributed by atoms with van der Waals surface area (Å²) in [6.45, 7) is 1.47. The number of benzene rings is 1. The Morgan fingerprint density at radius 2 is 2.17 bits per heavy atom. The zero-order valence-electron chi connectivity index (χ0n) is 12.3. The molecule has 0 saturated heterocycles. The largest absolute Gasteiger partial charge is 0.462 e. The lowest BCUT2D eigenvalue weighted by molar-refractivity contribution is 0.0524. The summed E-state index contributed by atoms with van der Waals surface area (Å²) in [6, 6.07) is 0.774. The smallest absolute Gasteiger partial charge is 0.343 e. The fourth-order valence-electron chi connectivity index (χ4n) is 2.79. The van der Waals surface area contributed by atoms with Gasteiger partial charge in [0.1, 0.15) is 12.3 Å². The second-order valence-electron chi connectivity index (χ2n) is 5.11. The molecule has 0 bridgehead atoms. The van der Waals surface area contributed by atoms with E-state index in [1.807, 2.05) is 0 Å². The van der Waals surface area contributed by atoms with Gasteiger partial charge in [-0.2, -0.15) is 0 Å². The molecule has 1 aromatic heterocycles. The second kappa shape index (κ2) is 5.62. The van der Waals surface area contributed by atoms with Crippen LogP contribution in [-0.2, 0) is 11.2 Å². The maximum absolute atomic E-state index is 14.0. The predicted molar refractivity (Wildman–Crippen MR) is 78.0 cm³/mol. The molecule has 0 amide bonds. The molecule has 0 atom stereocenters. The van der Waals surface area contributed by atoms with E-state index in [4.69, 9.17) is 4.74 Å². The first-order chi connectivity index (χ1) is 11.0. The van der Waals surface area contributed by atoms with Gasteiger partial charge in [0.15, 0.2) is 11.6 Å². The monoisotopic (exact) mass is 324 g/mol. The van der Waals surface area contributed by atoms with E-state index in [1.54, 1.807) is 6.92 Å². The average Bonchev–Trinajstić information content (AvgIpc) is 2.54. The number of aliphatic hydroxyl groups excluding tert-OH is 1. The maximum Gasteiger partial charge on any atom is 0.343 e. The standard InChI is InChI=1S/C15H14F2N2O4/c1-2-23-15(22)10-6-19-13-8(3-4-18(19)7-20)12(17)11(16)5-9(13)14(10)21/h5-6,20H,2-4,7H2,1H3. The van der Waals surface area contributed by atoms with Gasteiger partial charge < -0.3 is 9.84 Å². The third kappa shape index (κ3) is 2.26. The molecule has 1 aromatic carbocycles. The third-order valence-corrected chi connectivity index (χ3v) is 3.84. The average molecular weight is 324 g/mol. The Kier molecular flexibility index (Phi) is 3.77. The van der Waals surface area contributed by atoms with Gasteiger partial charge in [0, 0.05) is 18.3 Å². The topological polar surface area (TPSA) is 71.8 Å². The van der Waals surface area contributed by atoms with Crippen molar-refractivity contribution in [2.24, 2.45) is 0 Å². The highest BCUT2D eigenvalue weighted by molar-refractivity contribution is 5.95. The van der Waals surface area contributed by atoms with Crippen molar-refractivity contribution in [1.82, 2.24) is 4.68 Å². The lowest BCUT2D eigenvalue weighted by atomic mass is 10.0. The Labute approximate surface area is 129 Å². The van der Waals surface area contributed by atoms with Gasteiger partial charge in [0.25, 0.3) is 0 Å². The highest BCUT2D eigenvalue weighted by atomic mass is 19.2. The molecule has 1 aliphatic rings. The van der Waals surface area contributed by atoms with Crippen LogP contribution in [0.15, 0.2) is 17.1 Å². The van der Waals surface area contributed by atoms with Crippen LogP contribution in [0, 0.1) is 11.6 Å². The lowest BCUT2D eigenvalue weighted by Gasteiger charge is -2.32. The zero-order chi connectivity index (χ0) is 16.7. The highest BCUT2D eigenvalue weighted by Gasteiger charge is 2.27. The van der Waals surface area contributed by atoms with Crippen LogP contribution in [0.3, 0.4) is 0 Å². The van der Waals surface area contributed by atoms with Gasteiger partial charge in [-0.15, -0.1) is 0 Å². The number of halogens is 2. The minimum Gasteiger partial charge on any atom is -0.462 e. The van der Waals surface area contributed by atoms with E-state index in [1.165, 1.54) is 15.9 Å². The van der Waals surface area contributed by atoms with E-state index in [0.717, 1.165) is 6.07 Å². The number of nitrogens with zero attached hydrogens (tertiary/aromatic N) is 2. The molecule has 0 unspecified atom stereocenters. The molecule has 2 heterocycles. The van der Waals surface area contributed by atoms with Crippen molar-refractivity contribution in [1.29, 1.82) is 0 Å². The molecule has 0 spiro atoms. The number of aromatic nitrogens is 1. The molecule has 0 radical (unpaired) electrons. The lowest BCUT2D eigenvalue weighted by Crippen LogP contribution is -2.42. The first kappa shape index (κ1) is 15.4. The van der Waals surface area contributed by atoms with E-state index in [0.29, 0.717) is 0 Å². The van der Waals surface area contributed by atoms with Crippen molar-refractivity contribution in [3.63, 3.8) is 0 Å². The molecular formula is C15H14F2N2O4. The Hall–Kier alpha value is -2.48. The quantitative estimate of drug-likeness (QED) is 0.850. The fraction of sp³-hybridized carbons (Fsp3) is 0.333. The molecule has 8 heteroatoms. The summed E-state index contributed by atoms with van der Waals surface area (Å²) >= 11 is 0. The summed E-state index contributed by atoms with van der Waals surface area (Å²) in [5, 5.41) is 10.7. The number of aliphatic hydroxyl groups is 1. The second-order valence-corrected chi connectivity index (χ2v) is 5.11. The first-order valence-electron chi connectivity index (χ1n) is 7.09. The number of ether oxygens (including phenoxy) is 1. The van der Waals surface area contributed by atoms with Gasteiger partial charge in [-0.3, -0.25) is 14.5 Å². The highest BCUT2D eigenvalue weighted by Crippen LogP contribution is 2.27. The van der Waals surface area contributed by atoms with E-state index in [9.17, 15) is 23.5 Å². The Morgan fingerprint density at radius 1 is 1.43 bits per heavy atom. The van der Waals surface area contributed by atoms with Gasteiger partial charge in [-0.05, 0) is 19.4 Å². The van der Waals surface area contributed by atoms with Crippen molar-refractivity contribution < 1.29 is 23.4 Å². The first-order valence-corrected chi connectivity index (χ1v) is 7.09. The van der Waals surface area contributed by atoms with Crippen molar-refractivity contribution in [2.45, 2.75) is 13.3 Å². The van der Waals surface area contributed by atoms with Crippen molar-refractivity contribution >= 4 is 16.9 Å². The molecule has 122 valence electrons. The van der Waals surface area contributed by atoms with Gasteiger partial charge in [-0.25, -0.2) is 13.6 Å². The van der Waals surface area contributed by atoms with E-state index < -0.39 is 29.8 Å². The molecule has 0 fully saturated rings. The number of hydrogen-bond acceptors (Lipinski definition) is 5. The van der Waals surface area contributed by atoms with Gasteiger partial charge in [0.05, 0.1) is 17.5 Å². The molecule has 1 aliphatic heterocycles. The van der Waals surface area contributed by atoms with Gasteiger partial charge >= 0.3 is 5.97 Å². The molecule has 2 aromatic rings. The Bertz CT molecular complexity index is 863. The molecule has 0 saturated carbocycles. The molecule has 3 rings (SSSR count). The summed E-state index contributed by atoms with van der Waals surface area (Å²) in [5.74, 6) is -3.01. The van der Waals surface area contributed by atoms with Crippen LogP contribution in [0.5, 0.6) is 0 Å². The van der Waals surface area contributed by atoms with Crippen molar-refractivity contribution in [2.75, 3.05) is 24.9 Å². The van der Waals surface area contributed by atoms with Gasteiger partial charge in [0.2, 0.25) is 5.43 Å². The number of rotatable bonds is 3. The number of esters is 1. The third-order valence-electron chi connectivity index (χ3n) is 3.84. The Balaban J connectivity index is 2.41. The Morgan fingerprint density at radius 3 is 2.83 bits per heavy atom. The van der Waals surface area contributed by atoms with Crippen LogP contribution in [0.25, 0.3) is 10.9 Å². The van der Waals surface area contributed by atoms with E-state index in [-0.39, 0.29) is 41.6 Å². The molecule has 6 nitrogen and oxygen atoms in total. The van der Waals surface area contributed by atoms with Crippen LogP contribution in [0.4, 0.5) is 8.78 Å². The van der Waals surface area contributed by atoms with Crippen LogP contribution < -0.4 is 10.4 Å². The number of carbonyl (C=O) groups excluding carboxylic acids is 1. The van der Waals surface area contributed by atoms with Crippen LogP contribution in [0.1, 0.15) is 22.8 Å². The zero-order valence-corrected chi connectivity index (χ0v) is 12.3. The van der Waals surface area contributed by atoms with E-state index in [2.05, 4.69) is 0 Å². The van der Waals surface area contributed by atoms with Crippen LogP contribution in [0.2, 0.25) is 0 Å². The van der Waals surface area contributed by atoms with Crippen molar-refractivity contribution in [3.8, 4) is 0 Å². The summed E-state index contributed by atoms with van der Waals surface area (Å²) in [4.78, 5) is 24.4. The predicted octanol–water partition coefficient (Wildman–Crippen LogP) is 0.900. The normalized spacial score (nSPS) is 13.5. The number of carbonyl (C=O) groups is 1. The van der Waals surface area contributed by atoms with E-state index >= 15 is 0 Å². The molecule has 23 heavy (non-hydrogen) atoms.